The third-order valence-corrected chi connectivity index (χ3v) is 8.43. The molecule has 0 bridgehead atoms. The Morgan fingerprint density at radius 1 is 1.00 bits per heavy atom. The largest absolute Gasteiger partial charge is 0.294 e. The standard InChI is InChI=1S/C26H25N3O4S/c27-15-20-18-6-3-1-2-4-9-23(18)34-26(20)28-21-7-5-8-22(30)25(21)19(14-24(28)31)16-10-12-17(13-11-16)29(32)33/h10-13,19H,1-9,14H2. The first-order chi connectivity index (χ1) is 16.5. The molecule has 1 aromatic heterocycles. The number of carbonyl (C=O) groups excluding carboxylic acids is 2. The number of allylic oxidation sites excluding steroid dienone is 2. The Hall–Kier alpha value is -3.31. The number of anilines is 1. The number of benzene rings is 1. The van der Waals surface area contributed by atoms with E-state index in [4.69, 9.17) is 0 Å². The predicted octanol–water partition coefficient (Wildman–Crippen LogP) is 5.71. The Kier molecular flexibility index (Phi) is 6.05. The minimum Gasteiger partial charge on any atom is -0.294 e. The second-order valence-corrected chi connectivity index (χ2v) is 10.3. The highest BCUT2D eigenvalue weighted by atomic mass is 32.1. The zero-order valence-electron chi connectivity index (χ0n) is 18.8. The Morgan fingerprint density at radius 2 is 1.74 bits per heavy atom. The lowest BCUT2D eigenvalue weighted by Gasteiger charge is -2.37. The zero-order valence-corrected chi connectivity index (χ0v) is 19.7. The number of nitro groups is 1. The lowest BCUT2D eigenvalue weighted by atomic mass is 9.77. The minimum atomic E-state index is -0.458. The van der Waals surface area contributed by atoms with Crippen LogP contribution in [-0.4, -0.2) is 16.6 Å². The number of nitriles is 1. The molecule has 5 rings (SSSR count). The number of Topliss-reactive ketones (excluding diaryl/α,β-unsaturated/α-hetero) is 1. The third kappa shape index (κ3) is 3.84. The quantitative estimate of drug-likeness (QED) is 0.417. The fourth-order valence-corrected chi connectivity index (χ4v) is 6.90. The van der Waals surface area contributed by atoms with E-state index in [-0.39, 0.29) is 23.8 Å². The van der Waals surface area contributed by atoms with Gasteiger partial charge in [-0.05, 0) is 49.7 Å². The van der Waals surface area contributed by atoms with E-state index in [2.05, 4.69) is 6.07 Å². The van der Waals surface area contributed by atoms with Crippen LogP contribution < -0.4 is 4.90 Å². The average molecular weight is 476 g/mol. The SMILES string of the molecule is N#Cc1c(N2C(=O)CC(c3ccc([N+](=O)[O-])cc3)C3=C2CCCC3=O)sc2c1CCCCCC2. The summed E-state index contributed by atoms with van der Waals surface area (Å²) in [5.41, 5.74) is 3.73. The summed E-state index contributed by atoms with van der Waals surface area (Å²) in [4.78, 5) is 40.2. The first-order valence-corrected chi connectivity index (χ1v) is 12.7. The summed E-state index contributed by atoms with van der Waals surface area (Å²) in [7, 11) is 0. The van der Waals surface area contributed by atoms with Crippen molar-refractivity contribution in [2.75, 3.05) is 4.90 Å². The summed E-state index contributed by atoms with van der Waals surface area (Å²) in [5, 5.41) is 21.8. The van der Waals surface area contributed by atoms with Crippen molar-refractivity contribution in [2.45, 2.75) is 70.1 Å². The van der Waals surface area contributed by atoms with Crippen LogP contribution in [0.4, 0.5) is 10.7 Å². The smallest absolute Gasteiger partial charge is 0.269 e. The van der Waals surface area contributed by atoms with Crippen molar-refractivity contribution in [3.8, 4) is 6.07 Å². The molecule has 8 heteroatoms. The Labute approximate surface area is 201 Å². The van der Waals surface area contributed by atoms with Gasteiger partial charge in [-0.3, -0.25) is 24.6 Å². The predicted molar refractivity (Wildman–Crippen MR) is 129 cm³/mol. The van der Waals surface area contributed by atoms with Crippen LogP contribution in [0.2, 0.25) is 0 Å². The highest BCUT2D eigenvalue weighted by Crippen LogP contribution is 2.47. The molecule has 0 fully saturated rings. The zero-order chi connectivity index (χ0) is 23.8. The Morgan fingerprint density at radius 3 is 2.44 bits per heavy atom. The van der Waals surface area contributed by atoms with Crippen molar-refractivity contribution in [3.05, 3.63) is 67.2 Å². The number of amides is 1. The van der Waals surface area contributed by atoms with E-state index in [0.29, 0.717) is 41.1 Å². The molecule has 34 heavy (non-hydrogen) atoms. The Balaban J connectivity index is 1.62. The lowest BCUT2D eigenvalue weighted by Crippen LogP contribution is -2.40. The van der Waals surface area contributed by atoms with Gasteiger partial charge in [0.1, 0.15) is 11.1 Å². The van der Waals surface area contributed by atoms with E-state index in [1.54, 1.807) is 28.4 Å². The number of ketones is 1. The van der Waals surface area contributed by atoms with Gasteiger partial charge >= 0.3 is 0 Å². The van der Waals surface area contributed by atoms with Gasteiger partial charge in [-0.1, -0.05) is 25.0 Å². The molecule has 0 N–H and O–H groups in total. The summed E-state index contributed by atoms with van der Waals surface area (Å²) in [6.07, 6.45) is 8.04. The van der Waals surface area contributed by atoms with E-state index < -0.39 is 10.8 Å². The molecule has 2 heterocycles. The van der Waals surface area contributed by atoms with Crippen molar-refractivity contribution in [3.63, 3.8) is 0 Å². The molecule has 1 unspecified atom stereocenters. The van der Waals surface area contributed by atoms with Crippen molar-refractivity contribution >= 4 is 33.7 Å². The molecule has 0 saturated heterocycles. The molecule has 3 aliphatic rings. The molecule has 0 radical (unpaired) electrons. The van der Waals surface area contributed by atoms with Gasteiger partial charge in [0.15, 0.2) is 5.78 Å². The number of non-ortho nitro benzene ring substituents is 1. The van der Waals surface area contributed by atoms with E-state index >= 15 is 0 Å². The monoisotopic (exact) mass is 475 g/mol. The maximum Gasteiger partial charge on any atom is 0.269 e. The molecule has 1 aromatic carbocycles. The summed E-state index contributed by atoms with van der Waals surface area (Å²) >= 11 is 1.54. The van der Waals surface area contributed by atoms with Crippen molar-refractivity contribution < 1.29 is 14.5 Å². The maximum absolute atomic E-state index is 13.6. The van der Waals surface area contributed by atoms with Crippen LogP contribution in [0.25, 0.3) is 0 Å². The van der Waals surface area contributed by atoms with E-state index in [9.17, 15) is 25.0 Å². The third-order valence-electron chi connectivity index (χ3n) is 7.15. The van der Waals surface area contributed by atoms with Gasteiger partial charge in [-0.15, -0.1) is 11.3 Å². The molecule has 0 spiro atoms. The molecular weight excluding hydrogens is 450 g/mol. The van der Waals surface area contributed by atoms with E-state index in [1.165, 1.54) is 23.4 Å². The van der Waals surface area contributed by atoms with Gasteiger partial charge in [0.25, 0.3) is 5.69 Å². The number of hydrogen-bond donors (Lipinski definition) is 0. The highest BCUT2D eigenvalue weighted by molar-refractivity contribution is 7.16. The van der Waals surface area contributed by atoms with E-state index in [1.807, 2.05) is 0 Å². The molecular formula is C26H25N3O4S. The molecule has 1 atom stereocenters. The number of fused-ring (bicyclic) bond motifs is 1. The van der Waals surface area contributed by atoms with Crippen molar-refractivity contribution in [2.24, 2.45) is 0 Å². The molecule has 2 aliphatic carbocycles. The first-order valence-electron chi connectivity index (χ1n) is 11.9. The summed E-state index contributed by atoms with van der Waals surface area (Å²) in [6.45, 7) is 0. The van der Waals surface area contributed by atoms with Crippen LogP contribution in [0.5, 0.6) is 0 Å². The van der Waals surface area contributed by atoms with Crippen molar-refractivity contribution in [1.82, 2.24) is 0 Å². The normalized spacial score (nSPS) is 20.8. The number of thiophene rings is 1. The van der Waals surface area contributed by atoms with Gasteiger partial charge in [0.05, 0.1) is 10.5 Å². The van der Waals surface area contributed by atoms with Gasteiger partial charge in [0.2, 0.25) is 5.91 Å². The summed E-state index contributed by atoms with van der Waals surface area (Å²) in [5.74, 6) is -0.517. The van der Waals surface area contributed by atoms with Crippen LogP contribution in [-0.2, 0) is 22.4 Å². The van der Waals surface area contributed by atoms with Crippen LogP contribution in [0.15, 0.2) is 35.5 Å². The van der Waals surface area contributed by atoms with Crippen LogP contribution >= 0.6 is 11.3 Å². The number of rotatable bonds is 3. The number of nitro benzene ring substituents is 1. The second-order valence-electron chi connectivity index (χ2n) is 9.18. The first kappa shape index (κ1) is 22.5. The van der Waals surface area contributed by atoms with Gasteiger partial charge in [-0.2, -0.15) is 5.26 Å². The van der Waals surface area contributed by atoms with Crippen LogP contribution in [0, 0.1) is 21.4 Å². The van der Waals surface area contributed by atoms with Crippen LogP contribution in [0.3, 0.4) is 0 Å². The number of nitrogens with zero attached hydrogens (tertiary/aromatic N) is 3. The maximum atomic E-state index is 13.6. The van der Waals surface area contributed by atoms with Gasteiger partial charge < -0.3 is 0 Å². The molecule has 0 saturated carbocycles. The minimum absolute atomic E-state index is 0.0219. The fraction of sp³-hybridized carbons (Fsp3) is 0.423. The van der Waals surface area contributed by atoms with Gasteiger partial charge in [-0.25, -0.2) is 0 Å². The van der Waals surface area contributed by atoms with Gasteiger partial charge in [0, 0.05) is 47.0 Å². The molecule has 174 valence electrons. The molecule has 1 aliphatic heterocycles. The molecule has 7 nitrogen and oxygen atoms in total. The van der Waals surface area contributed by atoms with Crippen molar-refractivity contribution in [1.29, 1.82) is 5.26 Å². The van der Waals surface area contributed by atoms with E-state index in [0.717, 1.165) is 43.2 Å². The molecule has 2 aromatic rings. The Bertz CT molecular complexity index is 1250. The number of hydrogen-bond acceptors (Lipinski definition) is 6. The summed E-state index contributed by atoms with van der Waals surface area (Å²) < 4.78 is 0. The highest BCUT2D eigenvalue weighted by Gasteiger charge is 2.41. The number of aryl methyl sites for hydroxylation is 1. The number of carbonyl (C=O) groups is 2. The fourth-order valence-electron chi connectivity index (χ4n) is 5.52. The molecule has 1 amide bonds. The average Bonchev–Trinajstić information content (AvgIpc) is 3.14. The topological polar surface area (TPSA) is 104 Å². The second kappa shape index (κ2) is 9.15. The van der Waals surface area contributed by atoms with Crippen LogP contribution in [0.1, 0.15) is 78.9 Å². The lowest BCUT2D eigenvalue weighted by molar-refractivity contribution is -0.384. The summed E-state index contributed by atoms with van der Waals surface area (Å²) in [6, 6.07) is 8.53.